The van der Waals surface area contributed by atoms with E-state index in [1.807, 2.05) is 0 Å². The van der Waals surface area contributed by atoms with Crippen molar-refractivity contribution in [1.29, 1.82) is 0 Å². The quantitative estimate of drug-likeness (QED) is 0.298. The summed E-state index contributed by atoms with van der Waals surface area (Å²) in [5, 5.41) is 54.7. The van der Waals surface area contributed by atoms with Gasteiger partial charge in [0.1, 0.15) is 18.3 Å². The normalized spacial score (nSPS) is 41.7. The number of carboxylic acid groups (broad SMARTS) is 1. The molecule has 0 aromatic heterocycles. The van der Waals surface area contributed by atoms with Crippen LogP contribution in [0.25, 0.3) is 0 Å². The molecule has 1 aliphatic rings. The molecule has 0 aromatic rings. The van der Waals surface area contributed by atoms with E-state index in [0.29, 0.717) is 0 Å². The number of aliphatic hydroxyl groups is 5. The number of hydrogen-bond donors (Lipinski definition) is 6. The van der Waals surface area contributed by atoms with Gasteiger partial charge in [-0.3, -0.25) is 0 Å². The van der Waals surface area contributed by atoms with Gasteiger partial charge in [0, 0.05) is 6.42 Å². The summed E-state index contributed by atoms with van der Waals surface area (Å²) in [6.45, 7) is -0.801. The van der Waals surface area contributed by atoms with Gasteiger partial charge in [-0.05, 0) is 0 Å². The molecule has 1 heterocycles. The molecule has 16 heavy (non-hydrogen) atoms. The Morgan fingerprint density at radius 3 is 2.50 bits per heavy atom. The first-order chi connectivity index (χ1) is 7.31. The third-order valence-electron chi connectivity index (χ3n) is 2.45. The van der Waals surface area contributed by atoms with Gasteiger partial charge in [0.05, 0.1) is 12.7 Å². The molecule has 0 spiro atoms. The van der Waals surface area contributed by atoms with Crippen molar-refractivity contribution in [2.45, 2.75) is 36.6 Å². The minimum absolute atomic E-state index is 0.724. The fraction of sp³-hybridized carbons (Fsp3) is 0.875. The maximum Gasteiger partial charge on any atom is 0.364 e. The van der Waals surface area contributed by atoms with E-state index in [-0.39, 0.29) is 0 Å². The molecule has 8 heteroatoms. The molecule has 0 amide bonds. The van der Waals surface area contributed by atoms with Crippen molar-refractivity contribution < 1.29 is 40.2 Å². The SMILES string of the molecule is O=C(O)[C@@]1(O)C[C@@H](O)[C@@H](O)C([C@H](O)CO)O1. The van der Waals surface area contributed by atoms with E-state index in [0.717, 1.165) is 0 Å². The smallest absolute Gasteiger partial charge is 0.364 e. The van der Waals surface area contributed by atoms with Gasteiger partial charge in [-0.2, -0.15) is 0 Å². The molecule has 8 nitrogen and oxygen atoms in total. The van der Waals surface area contributed by atoms with E-state index >= 15 is 0 Å². The molecule has 1 fully saturated rings. The monoisotopic (exact) mass is 238 g/mol. The highest BCUT2D eigenvalue weighted by Crippen LogP contribution is 2.29. The van der Waals surface area contributed by atoms with Gasteiger partial charge in [0.2, 0.25) is 0 Å². The lowest BCUT2D eigenvalue weighted by molar-refractivity contribution is -0.308. The van der Waals surface area contributed by atoms with Gasteiger partial charge in [-0.15, -0.1) is 0 Å². The minimum atomic E-state index is -2.68. The zero-order chi connectivity index (χ0) is 12.5. The van der Waals surface area contributed by atoms with Crippen LogP contribution >= 0.6 is 0 Å². The van der Waals surface area contributed by atoms with E-state index in [1.54, 1.807) is 0 Å². The maximum atomic E-state index is 10.7. The molecule has 1 aliphatic heterocycles. The van der Waals surface area contributed by atoms with Gasteiger partial charge in [0.25, 0.3) is 5.79 Å². The molecule has 1 saturated heterocycles. The minimum Gasteiger partial charge on any atom is -0.477 e. The maximum absolute atomic E-state index is 10.7. The summed E-state index contributed by atoms with van der Waals surface area (Å²) in [7, 11) is 0. The first kappa shape index (κ1) is 13.3. The van der Waals surface area contributed by atoms with Crippen LogP contribution in [-0.2, 0) is 9.53 Å². The lowest BCUT2D eigenvalue weighted by atomic mass is 9.93. The largest absolute Gasteiger partial charge is 0.477 e. The average Bonchev–Trinajstić information content (AvgIpc) is 2.22. The van der Waals surface area contributed by atoms with E-state index in [2.05, 4.69) is 4.74 Å². The van der Waals surface area contributed by atoms with E-state index in [1.165, 1.54) is 0 Å². The molecule has 0 radical (unpaired) electrons. The summed E-state index contributed by atoms with van der Waals surface area (Å²) in [5.74, 6) is -4.42. The summed E-state index contributed by atoms with van der Waals surface area (Å²) in [6, 6.07) is 0. The Morgan fingerprint density at radius 2 is 2.06 bits per heavy atom. The predicted molar refractivity (Wildman–Crippen MR) is 47.2 cm³/mol. The summed E-state index contributed by atoms with van der Waals surface area (Å²) in [6.07, 6.45) is -7.05. The molecule has 0 aromatic carbocycles. The molecule has 1 rings (SSSR count). The van der Waals surface area contributed by atoms with Gasteiger partial charge < -0.3 is 35.4 Å². The second kappa shape index (κ2) is 4.62. The van der Waals surface area contributed by atoms with Crippen molar-refractivity contribution in [3.8, 4) is 0 Å². The number of hydrogen-bond acceptors (Lipinski definition) is 7. The summed E-state index contributed by atoms with van der Waals surface area (Å²) in [4.78, 5) is 10.7. The molecular weight excluding hydrogens is 224 g/mol. The van der Waals surface area contributed by atoms with Crippen molar-refractivity contribution in [3.63, 3.8) is 0 Å². The summed E-state index contributed by atoms with van der Waals surface area (Å²) >= 11 is 0. The Hall–Kier alpha value is -0.770. The summed E-state index contributed by atoms with van der Waals surface area (Å²) < 4.78 is 4.61. The van der Waals surface area contributed by atoms with Crippen molar-refractivity contribution >= 4 is 5.97 Å². The zero-order valence-corrected chi connectivity index (χ0v) is 8.22. The van der Waals surface area contributed by atoms with Gasteiger partial charge in [-0.1, -0.05) is 0 Å². The van der Waals surface area contributed by atoms with Gasteiger partial charge in [0.15, 0.2) is 0 Å². The van der Waals surface area contributed by atoms with Gasteiger partial charge >= 0.3 is 5.97 Å². The molecule has 6 N–H and O–H groups in total. The third kappa shape index (κ3) is 2.32. The molecule has 0 aliphatic carbocycles. The first-order valence-corrected chi connectivity index (χ1v) is 4.60. The third-order valence-corrected chi connectivity index (χ3v) is 2.45. The topological polar surface area (TPSA) is 148 Å². The second-order valence-electron chi connectivity index (χ2n) is 3.68. The van der Waals surface area contributed by atoms with E-state index < -0.39 is 49.2 Å². The van der Waals surface area contributed by atoms with Crippen molar-refractivity contribution in [2.24, 2.45) is 0 Å². The second-order valence-corrected chi connectivity index (χ2v) is 3.68. The predicted octanol–water partition coefficient (Wildman–Crippen LogP) is -3.38. The summed E-state index contributed by atoms with van der Waals surface area (Å²) in [5.41, 5.74) is 0. The molecule has 0 saturated carbocycles. The van der Waals surface area contributed by atoms with Gasteiger partial charge in [-0.25, -0.2) is 4.79 Å². The Balaban J connectivity index is 2.89. The zero-order valence-electron chi connectivity index (χ0n) is 8.22. The average molecular weight is 238 g/mol. The highest BCUT2D eigenvalue weighted by Gasteiger charge is 2.52. The number of carbonyl (C=O) groups is 1. The number of rotatable bonds is 3. The van der Waals surface area contributed by atoms with Crippen LogP contribution in [0.5, 0.6) is 0 Å². The Labute approximate surface area is 90.3 Å². The highest BCUT2D eigenvalue weighted by atomic mass is 16.7. The fourth-order valence-electron chi connectivity index (χ4n) is 1.51. The highest BCUT2D eigenvalue weighted by molar-refractivity contribution is 5.75. The van der Waals surface area contributed by atoms with Crippen molar-refractivity contribution in [3.05, 3.63) is 0 Å². The van der Waals surface area contributed by atoms with Crippen LogP contribution in [0.2, 0.25) is 0 Å². The molecule has 94 valence electrons. The number of aliphatic hydroxyl groups excluding tert-OH is 4. The van der Waals surface area contributed by atoms with Crippen LogP contribution in [0.3, 0.4) is 0 Å². The van der Waals surface area contributed by atoms with Crippen LogP contribution in [0.15, 0.2) is 0 Å². The van der Waals surface area contributed by atoms with Crippen molar-refractivity contribution in [2.75, 3.05) is 6.61 Å². The molecular formula is C8H14O8. The van der Waals surface area contributed by atoms with Crippen LogP contribution in [0.4, 0.5) is 0 Å². The number of aliphatic carboxylic acids is 1. The Morgan fingerprint density at radius 1 is 1.50 bits per heavy atom. The number of carboxylic acids is 1. The van der Waals surface area contributed by atoms with Crippen molar-refractivity contribution in [1.82, 2.24) is 0 Å². The number of ether oxygens (including phenoxy) is 1. The molecule has 5 atom stereocenters. The van der Waals surface area contributed by atoms with Crippen LogP contribution < -0.4 is 0 Å². The van der Waals surface area contributed by atoms with Crippen LogP contribution in [0.1, 0.15) is 6.42 Å². The first-order valence-electron chi connectivity index (χ1n) is 4.60. The fourth-order valence-corrected chi connectivity index (χ4v) is 1.51. The lowest BCUT2D eigenvalue weighted by Crippen LogP contribution is -2.61. The van der Waals surface area contributed by atoms with E-state index in [9.17, 15) is 25.2 Å². The van der Waals surface area contributed by atoms with Crippen LogP contribution in [0, 0.1) is 0 Å². The molecule has 1 unspecified atom stereocenters. The lowest BCUT2D eigenvalue weighted by Gasteiger charge is -2.41. The molecule has 0 bridgehead atoms. The van der Waals surface area contributed by atoms with E-state index in [4.69, 9.17) is 10.2 Å². The Bertz CT molecular complexity index is 269. The standard InChI is InChI=1S/C8H14O8/c9-2-4(11)6-5(12)3(10)1-8(15,16-6)7(13)14/h3-6,9-12,15H,1-2H2,(H,13,14)/t3-,4-,5-,6?,8-/m1/s1. The Kier molecular flexibility index (Phi) is 3.84. The van der Waals surface area contributed by atoms with Crippen LogP contribution in [-0.4, -0.2) is 73.4 Å².